The fraction of sp³-hybridized carbons (Fsp3) is 0. The van der Waals surface area contributed by atoms with E-state index in [1.165, 1.54) is 16.3 Å². The van der Waals surface area contributed by atoms with Gasteiger partial charge in [-0.25, -0.2) is 0 Å². The van der Waals surface area contributed by atoms with E-state index < -0.39 is 0 Å². The molecule has 0 saturated heterocycles. The zero-order valence-electron chi connectivity index (χ0n) is 21.5. The molecule has 3 heterocycles. The Labute approximate surface area is 229 Å². The van der Waals surface area contributed by atoms with Gasteiger partial charge in [-0.3, -0.25) is 9.20 Å². The summed E-state index contributed by atoms with van der Waals surface area (Å²) in [7, 11) is 0. The molecule has 186 valence electrons. The van der Waals surface area contributed by atoms with Crippen LogP contribution >= 0.6 is 0 Å². The lowest BCUT2D eigenvalue weighted by atomic mass is 9.87. The van der Waals surface area contributed by atoms with Gasteiger partial charge in [0.2, 0.25) is 0 Å². The van der Waals surface area contributed by atoms with E-state index in [1.54, 1.807) is 0 Å². The molecular weight excluding hydrogens is 488 g/mol. The Morgan fingerprint density at radius 1 is 0.375 bits per heavy atom. The van der Waals surface area contributed by atoms with E-state index in [2.05, 4.69) is 114 Å². The Morgan fingerprint density at radius 2 is 0.750 bits per heavy atom. The summed E-state index contributed by atoms with van der Waals surface area (Å²) < 4.78 is 4.29. The van der Waals surface area contributed by atoms with Gasteiger partial charge in [-0.15, -0.1) is 0 Å². The maximum absolute atomic E-state index is 14.5. The summed E-state index contributed by atoms with van der Waals surface area (Å²) in [5.74, 6) is 0. The van der Waals surface area contributed by atoms with Crippen molar-refractivity contribution in [3.63, 3.8) is 0 Å². The minimum absolute atomic E-state index is 0.00218. The van der Waals surface area contributed by atoms with Gasteiger partial charge in [0.05, 0.1) is 33.0 Å². The number of nitrogens with zero attached hydrogens (tertiary/aromatic N) is 2. The van der Waals surface area contributed by atoms with Crippen molar-refractivity contribution in [2.24, 2.45) is 0 Å². The number of hydrogen-bond donors (Lipinski definition) is 0. The summed E-state index contributed by atoms with van der Waals surface area (Å²) >= 11 is 0. The van der Waals surface area contributed by atoms with Crippen LogP contribution in [-0.4, -0.2) is 8.80 Å². The molecule has 9 aromatic rings. The van der Waals surface area contributed by atoms with Gasteiger partial charge in [0.25, 0.3) is 5.56 Å². The lowest BCUT2D eigenvalue weighted by molar-refractivity contribution is 1.22. The van der Waals surface area contributed by atoms with Crippen LogP contribution in [0.15, 0.2) is 138 Å². The highest BCUT2D eigenvalue weighted by molar-refractivity contribution is 6.33. The molecule has 0 fully saturated rings. The normalized spacial score (nSPS) is 12.1. The molecule has 0 atom stereocenters. The zero-order valence-corrected chi connectivity index (χ0v) is 21.5. The van der Waals surface area contributed by atoms with Gasteiger partial charge in [-0.1, -0.05) is 109 Å². The molecule has 3 nitrogen and oxygen atoms in total. The second kappa shape index (κ2) is 7.81. The summed E-state index contributed by atoms with van der Waals surface area (Å²) in [6.07, 6.45) is 0. The smallest absolute Gasteiger partial charge is 0.265 e. The summed E-state index contributed by atoms with van der Waals surface area (Å²) in [5.41, 5.74) is 9.63. The molecule has 9 rings (SSSR count). The Morgan fingerprint density at radius 3 is 1.27 bits per heavy atom. The zero-order chi connectivity index (χ0) is 26.4. The third kappa shape index (κ3) is 2.61. The largest absolute Gasteiger partial charge is 0.306 e. The summed E-state index contributed by atoms with van der Waals surface area (Å²) in [4.78, 5) is 14.5. The molecule has 40 heavy (non-hydrogen) atoms. The van der Waals surface area contributed by atoms with Crippen molar-refractivity contribution in [3.05, 3.63) is 144 Å². The van der Waals surface area contributed by atoms with Gasteiger partial charge in [0, 0.05) is 32.7 Å². The SMILES string of the molecule is O=c1c2ccccc2n2c3ccccc3c3c(-c4ccccc4)c(-c4ccccc4)c4c5ccccc5n1c4c32. The molecule has 0 N–H and O–H groups in total. The van der Waals surface area contributed by atoms with E-state index in [1.807, 2.05) is 28.7 Å². The van der Waals surface area contributed by atoms with E-state index in [0.29, 0.717) is 5.39 Å². The van der Waals surface area contributed by atoms with Crippen molar-refractivity contribution < 1.29 is 0 Å². The number of fused-ring (bicyclic) bond motifs is 8. The van der Waals surface area contributed by atoms with Gasteiger partial charge in [-0.2, -0.15) is 0 Å². The Hall–Kier alpha value is -5.41. The van der Waals surface area contributed by atoms with Crippen molar-refractivity contribution in [1.82, 2.24) is 8.80 Å². The molecule has 0 spiro atoms. The van der Waals surface area contributed by atoms with Gasteiger partial charge in [0.1, 0.15) is 0 Å². The molecule has 3 heteroatoms. The van der Waals surface area contributed by atoms with Crippen molar-refractivity contribution in [2.75, 3.05) is 0 Å². The van der Waals surface area contributed by atoms with Crippen molar-refractivity contribution in [2.45, 2.75) is 0 Å². The second-order valence-electron chi connectivity index (χ2n) is 10.5. The van der Waals surface area contributed by atoms with Gasteiger partial charge in [-0.05, 0) is 35.4 Å². The minimum atomic E-state index is 0.00218. The van der Waals surface area contributed by atoms with Gasteiger partial charge < -0.3 is 4.40 Å². The van der Waals surface area contributed by atoms with Crippen LogP contribution in [0.4, 0.5) is 0 Å². The van der Waals surface area contributed by atoms with Crippen molar-refractivity contribution in [3.8, 4) is 22.3 Å². The van der Waals surface area contributed by atoms with Gasteiger partial charge >= 0.3 is 0 Å². The number of rotatable bonds is 2. The van der Waals surface area contributed by atoms with E-state index >= 15 is 0 Å². The van der Waals surface area contributed by atoms with Crippen LogP contribution in [0.1, 0.15) is 0 Å². The highest BCUT2D eigenvalue weighted by atomic mass is 16.1. The standard InChI is InChI=1S/C37H22N2O/c40-37-27-19-9-12-22-30(27)38-28-20-10-7-17-25(28)33-31(23-13-3-1-4-14-23)32(24-15-5-2-6-16-24)34-26-18-8-11-21-29(26)39(37)36(34)35(33)38/h1-22H. The maximum Gasteiger partial charge on any atom is 0.265 e. The van der Waals surface area contributed by atoms with Crippen LogP contribution in [0.3, 0.4) is 0 Å². The predicted octanol–water partition coefficient (Wildman–Crippen LogP) is 8.94. The lowest BCUT2D eigenvalue weighted by Crippen LogP contribution is -2.09. The molecule has 0 aliphatic rings. The average Bonchev–Trinajstić information content (AvgIpc) is 3.51. The molecule has 6 aromatic carbocycles. The van der Waals surface area contributed by atoms with Crippen molar-refractivity contribution in [1.29, 1.82) is 0 Å². The maximum atomic E-state index is 14.5. The molecule has 0 bridgehead atoms. The third-order valence-electron chi connectivity index (χ3n) is 8.43. The molecule has 0 radical (unpaired) electrons. The molecule has 0 aliphatic carbocycles. The van der Waals surface area contributed by atoms with E-state index in [4.69, 9.17) is 0 Å². The van der Waals surface area contributed by atoms with Crippen LogP contribution in [-0.2, 0) is 0 Å². The molecule has 0 saturated carbocycles. The molecule has 0 aliphatic heterocycles. The fourth-order valence-corrected chi connectivity index (χ4v) is 6.90. The lowest BCUT2D eigenvalue weighted by Gasteiger charge is -2.16. The first-order valence-electron chi connectivity index (χ1n) is 13.6. The van der Waals surface area contributed by atoms with Crippen LogP contribution in [0.25, 0.3) is 76.8 Å². The fourth-order valence-electron chi connectivity index (χ4n) is 6.90. The number of para-hydroxylation sites is 3. The molecular formula is C37H22N2O. The average molecular weight is 511 g/mol. The first-order chi connectivity index (χ1) is 19.8. The van der Waals surface area contributed by atoms with Crippen LogP contribution in [0.5, 0.6) is 0 Å². The number of aromatic nitrogens is 2. The second-order valence-corrected chi connectivity index (χ2v) is 10.5. The topological polar surface area (TPSA) is 25.9 Å². The van der Waals surface area contributed by atoms with Crippen LogP contribution in [0, 0.1) is 0 Å². The molecule has 0 unspecified atom stereocenters. The third-order valence-corrected chi connectivity index (χ3v) is 8.43. The number of benzene rings is 6. The quantitative estimate of drug-likeness (QED) is 0.228. The Balaban J connectivity index is 1.78. The number of hydrogen-bond acceptors (Lipinski definition) is 1. The summed E-state index contributed by atoms with van der Waals surface area (Å²) in [6, 6.07) is 46.3. The van der Waals surface area contributed by atoms with Gasteiger partial charge in [0.15, 0.2) is 0 Å². The minimum Gasteiger partial charge on any atom is -0.306 e. The molecule has 0 amide bonds. The van der Waals surface area contributed by atoms with E-state index in [9.17, 15) is 4.79 Å². The first kappa shape index (κ1) is 21.5. The van der Waals surface area contributed by atoms with E-state index in [0.717, 1.165) is 55.0 Å². The summed E-state index contributed by atoms with van der Waals surface area (Å²) in [6.45, 7) is 0. The predicted molar refractivity (Wildman–Crippen MR) is 167 cm³/mol. The van der Waals surface area contributed by atoms with Crippen LogP contribution in [0.2, 0.25) is 0 Å². The Kier molecular flexibility index (Phi) is 4.20. The van der Waals surface area contributed by atoms with E-state index in [-0.39, 0.29) is 5.56 Å². The monoisotopic (exact) mass is 510 g/mol. The van der Waals surface area contributed by atoms with Crippen LogP contribution < -0.4 is 5.56 Å². The first-order valence-corrected chi connectivity index (χ1v) is 13.6. The Bertz CT molecular complexity index is 2490. The van der Waals surface area contributed by atoms with Crippen molar-refractivity contribution >= 4 is 54.5 Å². The summed E-state index contributed by atoms with van der Waals surface area (Å²) in [5, 5.41) is 5.24. The highest BCUT2D eigenvalue weighted by Gasteiger charge is 2.28. The molecule has 3 aromatic heterocycles. The highest BCUT2D eigenvalue weighted by Crippen LogP contribution is 2.50.